The van der Waals surface area contributed by atoms with E-state index in [2.05, 4.69) is 10.2 Å². The molecule has 4 rings (SSSR count). The number of methoxy groups -OCH3 is 1. The Morgan fingerprint density at radius 1 is 1.24 bits per heavy atom. The molecule has 1 aliphatic carbocycles. The van der Waals surface area contributed by atoms with Crippen molar-refractivity contribution in [3.05, 3.63) is 48.2 Å². The van der Waals surface area contributed by atoms with Crippen LogP contribution in [0.1, 0.15) is 37.8 Å². The summed E-state index contributed by atoms with van der Waals surface area (Å²) in [7, 11) is 5.70. The highest BCUT2D eigenvalue weighted by atomic mass is 16.5. The van der Waals surface area contributed by atoms with Crippen LogP contribution in [0.4, 0.5) is 5.69 Å². The average Bonchev–Trinajstić information content (AvgIpc) is 3.59. The van der Waals surface area contributed by atoms with Crippen molar-refractivity contribution in [2.24, 2.45) is 5.92 Å². The molecule has 0 saturated heterocycles. The fraction of sp³-hybridized carbons (Fsp3) is 0.423. The smallest absolute Gasteiger partial charge is 0.227 e. The van der Waals surface area contributed by atoms with Crippen LogP contribution in [0.15, 0.2) is 42.6 Å². The van der Waals surface area contributed by atoms with E-state index in [0.717, 1.165) is 36.8 Å². The first-order valence-corrected chi connectivity index (χ1v) is 11.5. The zero-order valence-corrected chi connectivity index (χ0v) is 19.8. The highest BCUT2D eigenvalue weighted by Crippen LogP contribution is 2.40. The summed E-state index contributed by atoms with van der Waals surface area (Å²) in [5, 5.41) is 15.9. The summed E-state index contributed by atoms with van der Waals surface area (Å²) in [4.78, 5) is 14.5. The van der Waals surface area contributed by atoms with Crippen LogP contribution < -0.4 is 14.8 Å². The largest absolute Gasteiger partial charge is 0.494 e. The topological polar surface area (TPSA) is 76.0 Å². The molecule has 176 valence electrons. The Hall–Kier alpha value is -3.19. The first kappa shape index (κ1) is 23.0. The Kier molecular flexibility index (Phi) is 6.79. The zero-order chi connectivity index (χ0) is 23.5. The second kappa shape index (κ2) is 9.75. The van der Waals surface area contributed by atoms with Gasteiger partial charge >= 0.3 is 0 Å². The summed E-state index contributed by atoms with van der Waals surface area (Å²) in [6.07, 6.45) is 4.60. The van der Waals surface area contributed by atoms with Gasteiger partial charge in [0.1, 0.15) is 0 Å². The number of aromatic hydroxyl groups is 1. The van der Waals surface area contributed by atoms with Gasteiger partial charge in [-0.1, -0.05) is 18.2 Å². The monoisotopic (exact) mass is 451 g/mol. The fourth-order valence-corrected chi connectivity index (χ4v) is 4.21. The van der Waals surface area contributed by atoms with Gasteiger partial charge < -0.3 is 29.4 Å². The number of nitrogens with zero attached hydrogens (tertiary/aromatic N) is 2. The van der Waals surface area contributed by atoms with Gasteiger partial charge in [0.2, 0.25) is 11.8 Å². The molecule has 1 aromatic heterocycles. The molecule has 1 fully saturated rings. The van der Waals surface area contributed by atoms with Gasteiger partial charge in [-0.3, -0.25) is 4.79 Å². The molecule has 0 spiro atoms. The van der Waals surface area contributed by atoms with Crippen molar-refractivity contribution >= 4 is 22.4 Å². The highest BCUT2D eigenvalue weighted by molar-refractivity contribution is 6.05. The van der Waals surface area contributed by atoms with Gasteiger partial charge in [-0.15, -0.1) is 0 Å². The molecule has 1 amide bonds. The van der Waals surface area contributed by atoms with Crippen LogP contribution in [-0.4, -0.2) is 54.8 Å². The van der Waals surface area contributed by atoms with E-state index < -0.39 is 0 Å². The van der Waals surface area contributed by atoms with Crippen molar-refractivity contribution in [1.82, 2.24) is 9.47 Å². The van der Waals surface area contributed by atoms with Crippen LogP contribution in [0, 0.1) is 5.92 Å². The average molecular weight is 452 g/mol. The van der Waals surface area contributed by atoms with E-state index >= 15 is 0 Å². The highest BCUT2D eigenvalue weighted by Gasteiger charge is 2.30. The lowest BCUT2D eigenvalue weighted by atomic mass is 10.0. The minimum Gasteiger partial charge on any atom is -0.494 e. The molecule has 7 nitrogen and oxygen atoms in total. The van der Waals surface area contributed by atoms with E-state index in [4.69, 9.17) is 9.47 Å². The Labute approximate surface area is 194 Å². The number of rotatable bonds is 10. The minimum absolute atomic E-state index is 0.0234. The number of anilines is 1. The molecule has 2 N–H and O–H groups in total. The number of nitrogens with one attached hydrogen (secondary N) is 1. The van der Waals surface area contributed by atoms with Gasteiger partial charge in [0.15, 0.2) is 11.5 Å². The fourth-order valence-electron chi connectivity index (χ4n) is 4.21. The molecule has 1 atom stereocenters. The van der Waals surface area contributed by atoms with Crippen molar-refractivity contribution in [2.75, 3.05) is 39.7 Å². The molecule has 0 radical (unpaired) electrons. The maximum Gasteiger partial charge on any atom is 0.227 e. The predicted molar refractivity (Wildman–Crippen MR) is 130 cm³/mol. The predicted octanol–water partition coefficient (Wildman–Crippen LogP) is 4.64. The van der Waals surface area contributed by atoms with E-state index in [1.54, 1.807) is 7.11 Å². The minimum atomic E-state index is -0.128. The third-order valence-corrected chi connectivity index (χ3v) is 6.11. The van der Waals surface area contributed by atoms with Gasteiger partial charge in [-0.25, -0.2) is 0 Å². The third kappa shape index (κ3) is 4.93. The van der Waals surface area contributed by atoms with Gasteiger partial charge in [-0.2, -0.15) is 0 Å². The van der Waals surface area contributed by atoms with Crippen LogP contribution in [0.2, 0.25) is 0 Å². The lowest BCUT2D eigenvalue weighted by molar-refractivity contribution is -0.117. The lowest BCUT2D eigenvalue weighted by Gasteiger charge is -2.23. The van der Waals surface area contributed by atoms with E-state index in [-0.39, 0.29) is 23.7 Å². The zero-order valence-electron chi connectivity index (χ0n) is 19.8. The summed E-state index contributed by atoms with van der Waals surface area (Å²) in [5.74, 6) is 1.62. The molecule has 1 unspecified atom stereocenters. The van der Waals surface area contributed by atoms with Crippen LogP contribution in [-0.2, 0) is 4.79 Å². The quantitative estimate of drug-likeness (QED) is 0.470. The molecule has 0 aliphatic heterocycles. The molecule has 2 aromatic carbocycles. The second-order valence-electron chi connectivity index (χ2n) is 8.84. The molecule has 1 heterocycles. The SMILES string of the molecule is CCOc1cc(C(CCN(C)C)n2cc3cccc(NC(=O)C4CC4)c3c2O)ccc1OC. The number of fused-ring (bicyclic) bond motifs is 1. The van der Waals surface area contributed by atoms with Gasteiger partial charge in [0.25, 0.3) is 0 Å². The Balaban J connectivity index is 1.77. The summed E-state index contributed by atoms with van der Waals surface area (Å²) >= 11 is 0. The maximum atomic E-state index is 12.4. The number of aromatic nitrogens is 1. The van der Waals surface area contributed by atoms with Crippen LogP contribution in [0.3, 0.4) is 0 Å². The molecule has 7 heteroatoms. The molecule has 1 saturated carbocycles. The molecule has 33 heavy (non-hydrogen) atoms. The van der Waals surface area contributed by atoms with Crippen molar-refractivity contribution < 1.29 is 19.4 Å². The number of benzene rings is 2. The molecular weight excluding hydrogens is 418 g/mol. The summed E-state index contributed by atoms with van der Waals surface area (Å²) in [6.45, 7) is 3.31. The standard InChI is InChI=1S/C26H33N3O4/c1-5-33-23-15-18(11-12-22(23)32-4)21(13-14-28(2)3)29-16-19-7-6-8-20(24(19)26(29)31)27-25(30)17-9-10-17/h6-8,11-12,15-17,21,31H,5,9-10,13-14H2,1-4H3,(H,27,30). The first-order valence-electron chi connectivity index (χ1n) is 11.5. The van der Waals surface area contributed by atoms with Crippen LogP contribution >= 0.6 is 0 Å². The molecular formula is C26H33N3O4. The first-order chi connectivity index (χ1) is 15.9. The van der Waals surface area contributed by atoms with Crippen molar-refractivity contribution in [2.45, 2.75) is 32.2 Å². The van der Waals surface area contributed by atoms with Crippen LogP contribution in [0.5, 0.6) is 17.4 Å². The number of carbonyl (C=O) groups is 1. The van der Waals surface area contributed by atoms with Crippen molar-refractivity contribution in [3.63, 3.8) is 0 Å². The van der Waals surface area contributed by atoms with E-state index in [0.29, 0.717) is 29.2 Å². The number of hydrogen-bond donors (Lipinski definition) is 2. The second-order valence-corrected chi connectivity index (χ2v) is 8.84. The lowest BCUT2D eigenvalue weighted by Crippen LogP contribution is -2.19. The molecule has 0 bridgehead atoms. The van der Waals surface area contributed by atoms with E-state index in [1.807, 2.05) is 68.2 Å². The van der Waals surface area contributed by atoms with Crippen molar-refractivity contribution in [1.29, 1.82) is 0 Å². The summed E-state index contributed by atoms with van der Waals surface area (Å²) in [5.41, 5.74) is 1.66. The Bertz CT molecular complexity index is 1130. The van der Waals surface area contributed by atoms with E-state index in [1.165, 1.54) is 0 Å². The number of amides is 1. The van der Waals surface area contributed by atoms with Crippen LogP contribution in [0.25, 0.3) is 10.8 Å². The number of hydrogen-bond acceptors (Lipinski definition) is 5. The third-order valence-electron chi connectivity index (χ3n) is 6.11. The van der Waals surface area contributed by atoms with Gasteiger partial charge in [0, 0.05) is 17.5 Å². The van der Waals surface area contributed by atoms with Crippen molar-refractivity contribution in [3.8, 4) is 17.4 Å². The molecule has 1 aliphatic rings. The van der Waals surface area contributed by atoms with E-state index in [9.17, 15) is 9.90 Å². The maximum absolute atomic E-state index is 12.4. The Morgan fingerprint density at radius 3 is 2.70 bits per heavy atom. The number of carbonyl (C=O) groups excluding carboxylic acids is 1. The van der Waals surface area contributed by atoms with Gasteiger partial charge in [-0.05, 0) is 70.6 Å². The Morgan fingerprint density at radius 2 is 2.03 bits per heavy atom. The summed E-state index contributed by atoms with van der Waals surface area (Å²) < 4.78 is 13.2. The normalized spacial score (nSPS) is 14.5. The number of ether oxygens (including phenoxy) is 2. The summed E-state index contributed by atoms with van der Waals surface area (Å²) in [6, 6.07) is 11.5. The molecule has 3 aromatic rings. The van der Waals surface area contributed by atoms with Gasteiger partial charge in [0.05, 0.1) is 30.8 Å².